The lowest BCUT2D eigenvalue weighted by Gasteiger charge is -2.35. The van der Waals surface area contributed by atoms with Crippen LogP contribution in [-0.4, -0.2) is 36.0 Å². The Balaban J connectivity index is 2.23. The largest absolute Gasteiger partial charge is 0.482 e. The average Bonchev–Trinajstić information content (AvgIpc) is 2.38. The van der Waals surface area contributed by atoms with Crippen LogP contribution in [0.15, 0.2) is 23.6 Å². The SMILES string of the molecule is CCOC(=O)C(C)N1C(=O)COC2=CCCC=C21. The van der Waals surface area contributed by atoms with Gasteiger partial charge in [0.25, 0.3) is 5.91 Å². The molecule has 5 heteroatoms. The number of carbonyl (C=O) groups is 2. The minimum Gasteiger partial charge on any atom is -0.482 e. The van der Waals surface area contributed by atoms with Crippen LogP contribution in [0, 0.1) is 0 Å². The van der Waals surface area contributed by atoms with Crippen LogP contribution < -0.4 is 0 Å². The van der Waals surface area contributed by atoms with E-state index in [0.717, 1.165) is 12.8 Å². The van der Waals surface area contributed by atoms with E-state index < -0.39 is 12.0 Å². The van der Waals surface area contributed by atoms with Crippen LogP contribution in [0.25, 0.3) is 0 Å². The van der Waals surface area contributed by atoms with Gasteiger partial charge >= 0.3 is 5.97 Å². The van der Waals surface area contributed by atoms with Gasteiger partial charge in [0.05, 0.1) is 12.3 Å². The van der Waals surface area contributed by atoms with Crippen LogP contribution in [0.3, 0.4) is 0 Å². The van der Waals surface area contributed by atoms with Gasteiger partial charge in [-0.05, 0) is 32.8 Å². The Labute approximate surface area is 106 Å². The number of amides is 1. The minimum absolute atomic E-state index is 0.0209. The van der Waals surface area contributed by atoms with Crippen molar-refractivity contribution in [3.8, 4) is 0 Å². The fourth-order valence-electron chi connectivity index (χ4n) is 2.13. The summed E-state index contributed by atoms with van der Waals surface area (Å²) >= 11 is 0. The van der Waals surface area contributed by atoms with Crippen molar-refractivity contribution in [2.45, 2.75) is 32.7 Å². The molecule has 1 atom stereocenters. The van der Waals surface area contributed by atoms with Crippen LogP contribution in [-0.2, 0) is 19.1 Å². The number of allylic oxidation sites excluding steroid dienone is 2. The highest BCUT2D eigenvalue weighted by molar-refractivity contribution is 5.88. The highest BCUT2D eigenvalue weighted by atomic mass is 16.5. The smallest absolute Gasteiger partial charge is 0.328 e. The molecule has 1 aliphatic carbocycles. The van der Waals surface area contributed by atoms with Crippen molar-refractivity contribution >= 4 is 11.9 Å². The molecular weight excluding hydrogens is 234 g/mol. The Morgan fingerprint density at radius 2 is 2.22 bits per heavy atom. The minimum atomic E-state index is -0.617. The van der Waals surface area contributed by atoms with Crippen LogP contribution in [0.2, 0.25) is 0 Å². The lowest BCUT2D eigenvalue weighted by Crippen LogP contribution is -2.48. The highest BCUT2D eigenvalue weighted by Crippen LogP contribution is 2.29. The van der Waals surface area contributed by atoms with E-state index in [-0.39, 0.29) is 12.5 Å². The number of nitrogens with zero attached hydrogens (tertiary/aromatic N) is 1. The molecule has 0 aromatic heterocycles. The molecule has 0 radical (unpaired) electrons. The molecule has 1 saturated heterocycles. The topological polar surface area (TPSA) is 55.8 Å². The van der Waals surface area contributed by atoms with E-state index in [1.54, 1.807) is 13.8 Å². The summed E-state index contributed by atoms with van der Waals surface area (Å²) in [5, 5.41) is 0. The summed E-state index contributed by atoms with van der Waals surface area (Å²) in [6.45, 7) is 3.71. The number of fused-ring (bicyclic) bond motifs is 1. The van der Waals surface area contributed by atoms with Gasteiger partial charge in [-0.3, -0.25) is 9.69 Å². The number of carbonyl (C=O) groups excluding carboxylic acids is 2. The van der Waals surface area contributed by atoms with Crippen molar-refractivity contribution in [1.82, 2.24) is 4.90 Å². The molecule has 0 aromatic carbocycles. The molecule has 1 unspecified atom stereocenters. The van der Waals surface area contributed by atoms with Gasteiger partial charge in [-0.25, -0.2) is 4.79 Å². The van der Waals surface area contributed by atoms with Crippen molar-refractivity contribution in [2.24, 2.45) is 0 Å². The first-order valence-electron chi connectivity index (χ1n) is 6.17. The fraction of sp³-hybridized carbons (Fsp3) is 0.538. The zero-order chi connectivity index (χ0) is 13.1. The molecule has 1 fully saturated rings. The number of esters is 1. The van der Waals surface area contributed by atoms with Crippen LogP contribution in [0.5, 0.6) is 0 Å². The van der Waals surface area contributed by atoms with Crippen LogP contribution in [0.1, 0.15) is 26.7 Å². The fourth-order valence-corrected chi connectivity index (χ4v) is 2.13. The normalized spacial score (nSPS) is 20.3. The maximum Gasteiger partial charge on any atom is 0.328 e. The summed E-state index contributed by atoms with van der Waals surface area (Å²) in [6.07, 6.45) is 5.63. The Morgan fingerprint density at radius 3 is 2.94 bits per heavy atom. The van der Waals surface area contributed by atoms with E-state index in [1.165, 1.54) is 4.90 Å². The van der Waals surface area contributed by atoms with Crippen LogP contribution >= 0.6 is 0 Å². The van der Waals surface area contributed by atoms with Crippen molar-refractivity contribution < 1.29 is 19.1 Å². The van der Waals surface area contributed by atoms with E-state index in [9.17, 15) is 9.59 Å². The van der Waals surface area contributed by atoms with E-state index in [1.807, 2.05) is 12.2 Å². The summed E-state index contributed by atoms with van der Waals surface area (Å²) in [4.78, 5) is 25.2. The maximum atomic E-state index is 11.9. The Hall–Kier alpha value is -1.78. The predicted octanol–water partition coefficient (Wildman–Crippen LogP) is 1.36. The van der Waals surface area contributed by atoms with Gasteiger partial charge in [0, 0.05) is 0 Å². The molecule has 1 amide bonds. The molecule has 0 aromatic rings. The number of hydrogen-bond donors (Lipinski definition) is 0. The molecule has 0 spiro atoms. The number of morpholine rings is 1. The second-order valence-electron chi connectivity index (χ2n) is 4.22. The monoisotopic (exact) mass is 251 g/mol. The molecule has 2 aliphatic rings. The summed E-state index contributed by atoms with van der Waals surface area (Å²) in [7, 11) is 0. The lowest BCUT2D eigenvalue weighted by molar-refractivity contribution is -0.155. The van der Waals surface area contributed by atoms with Crippen molar-refractivity contribution in [3.63, 3.8) is 0 Å². The average molecular weight is 251 g/mol. The lowest BCUT2D eigenvalue weighted by atomic mass is 10.1. The second-order valence-corrected chi connectivity index (χ2v) is 4.22. The Kier molecular flexibility index (Phi) is 3.69. The van der Waals surface area contributed by atoms with E-state index in [4.69, 9.17) is 9.47 Å². The van der Waals surface area contributed by atoms with Gasteiger partial charge in [0.2, 0.25) is 0 Å². The zero-order valence-corrected chi connectivity index (χ0v) is 10.6. The summed E-state index contributed by atoms with van der Waals surface area (Å²) in [5.41, 5.74) is 0.693. The second kappa shape index (κ2) is 5.25. The summed E-state index contributed by atoms with van der Waals surface area (Å²) in [6, 6.07) is -0.617. The third-order valence-corrected chi connectivity index (χ3v) is 2.98. The van der Waals surface area contributed by atoms with Crippen molar-refractivity contribution in [2.75, 3.05) is 13.2 Å². The van der Waals surface area contributed by atoms with Gasteiger partial charge in [-0.1, -0.05) is 6.08 Å². The number of hydrogen-bond acceptors (Lipinski definition) is 4. The van der Waals surface area contributed by atoms with Gasteiger partial charge in [-0.2, -0.15) is 0 Å². The molecule has 1 aliphatic heterocycles. The molecule has 0 bridgehead atoms. The van der Waals surface area contributed by atoms with Crippen molar-refractivity contribution in [1.29, 1.82) is 0 Å². The summed E-state index contributed by atoms with van der Waals surface area (Å²) in [5.74, 6) is 0.0939. The molecular formula is C13H17NO4. The quantitative estimate of drug-likeness (QED) is 0.711. The Bertz CT molecular complexity index is 425. The van der Waals surface area contributed by atoms with E-state index >= 15 is 0 Å². The molecule has 0 N–H and O–H groups in total. The number of rotatable bonds is 3. The van der Waals surface area contributed by atoms with E-state index in [2.05, 4.69) is 0 Å². The first-order chi connectivity index (χ1) is 8.65. The van der Waals surface area contributed by atoms with Gasteiger partial charge < -0.3 is 9.47 Å². The first-order valence-corrected chi connectivity index (χ1v) is 6.17. The zero-order valence-electron chi connectivity index (χ0n) is 10.6. The van der Waals surface area contributed by atoms with E-state index in [0.29, 0.717) is 18.1 Å². The molecule has 98 valence electrons. The van der Waals surface area contributed by atoms with Gasteiger partial charge in [0.15, 0.2) is 6.61 Å². The predicted molar refractivity (Wildman–Crippen MR) is 64.3 cm³/mol. The van der Waals surface area contributed by atoms with Gasteiger partial charge in [-0.15, -0.1) is 0 Å². The summed E-state index contributed by atoms with van der Waals surface area (Å²) < 4.78 is 10.3. The third-order valence-electron chi connectivity index (χ3n) is 2.98. The molecule has 18 heavy (non-hydrogen) atoms. The standard InChI is InChI=1S/C13H17NO4/c1-3-17-13(16)9(2)14-10-6-4-5-7-11(10)18-8-12(14)15/h6-7,9H,3-5,8H2,1-2H3. The molecule has 1 heterocycles. The molecule has 2 rings (SSSR count). The maximum absolute atomic E-state index is 11.9. The molecule has 5 nitrogen and oxygen atoms in total. The molecule has 0 saturated carbocycles. The van der Waals surface area contributed by atoms with Gasteiger partial charge in [0.1, 0.15) is 11.8 Å². The van der Waals surface area contributed by atoms with Crippen molar-refractivity contribution in [3.05, 3.63) is 23.6 Å². The Morgan fingerprint density at radius 1 is 1.50 bits per heavy atom. The van der Waals surface area contributed by atoms with Crippen LogP contribution in [0.4, 0.5) is 0 Å². The third kappa shape index (κ3) is 2.25. The first kappa shape index (κ1) is 12.7. The number of ether oxygens (including phenoxy) is 2. The highest BCUT2D eigenvalue weighted by Gasteiger charge is 2.36.